The van der Waals surface area contributed by atoms with Gasteiger partial charge in [0.2, 0.25) is 5.91 Å². The minimum absolute atomic E-state index is 0.113. The highest BCUT2D eigenvalue weighted by Crippen LogP contribution is 2.20. The fraction of sp³-hybridized carbons (Fsp3) is 0.923. The molecule has 0 bridgehead atoms. The van der Waals surface area contributed by atoms with Crippen LogP contribution in [0.25, 0.3) is 0 Å². The number of carbonyl (C=O) groups is 1. The van der Waals surface area contributed by atoms with Gasteiger partial charge in [-0.2, -0.15) is 0 Å². The Morgan fingerprint density at radius 1 is 1.12 bits per heavy atom. The van der Waals surface area contributed by atoms with Crippen molar-refractivity contribution in [1.29, 1.82) is 0 Å². The van der Waals surface area contributed by atoms with Crippen molar-refractivity contribution < 1.29 is 4.79 Å². The Bertz CT molecular complexity index is 253. The minimum atomic E-state index is -0.346. The number of nitrogens with zero attached hydrogens (tertiary/aromatic N) is 2. The van der Waals surface area contributed by atoms with E-state index in [-0.39, 0.29) is 11.9 Å². The van der Waals surface area contributed by atoms with Crippen LogP contribution in [0.4, 0.5) is 0 Å². The van der Waals surface area contributed by atoms with E-state index in [0.29, 0.717) is 6.04 Å². The quantitative estimate of drug-likeness (QED) is 0.776. The minimum Gasteiger partial charge on any atom is -0.341 e. The van der Waals surface area contributed by atoms with E-state index >= 15 is 0 Å². The smallest absolute Gasteiger partial charge is 0.239 e. The Balaban J connectivity index is 1.79. The second-order valence-corrected chi connectivity index (χ2v) is 5.44. The van der Waals surface area contributed by atoms with Crippen LogP contribution in [0.3, 0.4) is 0 Å². The molecular formula is C13H25N3O. The van der Waals surface area contributed by atoms with Crippen LogP contribution in [0.15, 0.2) is 0 Å². The van der Waals surface area contributed by atoms with Gasteiger partial charge in [-0.15, -0.1) is 0 Å². The summed E-state index contributed by atoms with van der Waals surface area (Å²) in [5.74, 6) is 0.113. The van der Waals surface area contributed by atoms with Gasteiger partial charge in [0.15, 0.2) is 0 Å². The van der Waals surface area contributed by atoms with Crippen molar-refractivity contribution >= 4 is 5.91 Å². The molecule has 2 fully saturated rings. The van der Waals surface area contributed by atoms with Crippen molar-refractivity contribution in [2.24, 2.45) is 5.73 Å². The molecule has 17 heavy (non-hydrogen) atoms. The molecule has 4 heteroatoms. The molecule has 0 aromatic carbocycles. The normalized spacial score (nSPS) is 25.9. The van der Waals surface area contributed by atoms with E-state index in [1.54, 1.807) is 6.92 Å². The monoisotopic (exact) mass is 239 g/mol. The van der Waals surface area contributed by atoms with E-state index in [4.69, 9.17) is 5.73 Å². The molecule has 4 nitrogen and oxygen atoms in total. The molecule has 2 heterocycles. The Labute approximate surface area is 104 Å². The molecule has 1 atom stereocenters. The average molecular weight is 239 g/mol. The van der Waals surface area contributed by atoms with Gasteiger partial charge in [-0.05, 0) is 45.7 Å². The summed E-state index contributed by atoms with van der Waals surface area (Å²) in [4.78, 5) is 16.3. The van der Waals surface area contributed by atoms with Crippen molar-refractivity contribution in [3.8, 4) is 0 Å². The molecule has 2 aliphatic rings. The molecule has 1 amide bonds. The van der Waals surface area contributed by atoms with Crippen LogP contribution in [-0.4, -0.2) is 54.0 Å². The summed E-state index contributed by atoms with van der Waals surface area (Å²) in [6.07, 6.45) is 6.33. The largest absolute Gasteiger partial charge is 0.341 e. The van der Waals surface area contributed by atoms with Gasteiger partial charge in [0, 0.05) is 19.1 Å². The number of rotatable bonds is 2. The number of hydrogen-bond acceptors (Lipinski definition) is 3. The second kappa shape index (κ2) is 5.83. The van der Waals surface area contributed by atoms with Crippen molar-refractivity contribution in [3.05, 3.63) is 0 Å². The molecule has 0 unspecified atom stereocenters. The molecule has 0 aliphatic carbocycles. The predicted molar refractivity (Wildman–Crippen MR) is 68.7 cm³/mol. The summed E-state index contributed by atoms with van der Waals surface area (Å²) in [5, 5.41) is 0. The summed E-state index contributed by atoms with van der Waals surface area (Å²) >= 11 is 0. The maximum absolute atomic E-state index is 11.8. The molecule has 0 aromatic rings. The van der Waals surface area contributed by atoms with Gasteiger partial charge < -0.3 is 15.5 Å². The van der Waals surface area contributed by atoms with Crippen LogP contribution in [0.1, 0.15) is 39.0 Å². The van der Waals surface area contributed by atoms with E-state index in [0.717, 1.165) is 25.9 Å². The number of nitrogens with two attached hydrogens (primary N) is 1. The molecular weight excluding hydrogens is 214 g/mol. The Morgan fingerprint density at radius 2 is 1.71 bits per heavy atom. The number of hydrogen-bond donors (Lipinski definition) is 1. The standard InChI is InChI=1S/C13H25N3O/c1-11(14)13(17)16-9-5-12(6-10-16)15-7-3-2-4-8-15/h11-12H,2-10,14H2,1H3/t11-/m0/s1. The van der Waals surface area contributed by atoms with E-state index in [9.17, 15) is 4.79 Å². The van der Waals surface area contributed by atoms with Gasteiger partial charge in [0.05, 0.1) is 6.04 Å². The Morgan fingerprint density at radius 3 is 2.24 bits per heavy atom. The molecule has 0 spiro atoms. The molecule has 2 aliphatic heterocycles. The van der Waals surface area contributed by atoms with Crippen LogP contribution in [0.2, 0.25) is 0 Å². The zero-order chi connectivity index (χ0) is 12.3. The van der Waals surface area contributed by atoms with Crippen LogP contribution in [0, 0.1) is 0 Å². The van der Waals surface area contributed by atoms with Crippen molar-refractivity contribution in [2.45, 2.75) is 51.1 Å². The van der Waals surface area contributed by atoms with E-state index < -0.39 is 0 Å². The zero-order valence-electron chi connectivity index (χ0n) is 10.9. The summed E-state index contributed by atoms with van der Waals surface area (Å²) in [6.45, 7) is 6.07. The Kier molecular flexibility index (Phi) is 4.40. The molecule has 98 valence electrons. The lowest BCUT2D eigenvalue weighted by Crippen LogP contribution is -2.51. The second-order valence-electron chi connectivity index (χ2n) is 5.44. The highest BCUT2D eigenvalue weighted by Gasteiger charge is 2.28. The number of likely N-dealkylation sites (tertiary alicyclic amines) is 2. The first kappa shape index (κ1) is 12.8. The number of amides is 1. The van der Waals surface area contributed by atoms with Gasteiger partial charge >= 0.3 is 0 Å². The average Bonchev–Trinajstić information content (AvgIpc) is 2.39. The fourth-order valence-electron chi connectivity index (χ4n) is 3.02. The molecule has 0 saturated carbocycles. The van der Waals surface area contributed by atoms with Crippen molar-refractivity contribution in [1.82, 2.24) is 9.80 Å². The fourth-order valence-corrected chi connectivity index (χ4v) is 3.02. The molecule has 0 aromatic heterocycles. The van der Waals surface area contributed by atoms with Crippen molar-refractivity contribution in [3.63, 3.8) is 0 Å². The van der Waals surface area contributed by atoms with Crippen LogP contribution >= 0.6 is 0 Å². The molecule has 2 N–H and O–H groups in total. The highest BCUT2D eigenvalue weighted by atomic mass is 16.2. The van der Waals surface area contributed by atoms with Crippen LogP contribution in [-0.2, 0) is 4.79 Å². The van der Waals surface area contributed by atoms with Crippen molar-refractivity contribution in [2.75, 3.05) is 26.2 Å². The maximum atomic E-state index is 11.8. The third kappa shape index (κ3) is 3.19. The molecule has 0 radical (unpaired) electrons. The lowest BCUT2D eigenvalue weighted by atomic mass is 9.99. The topological polar surface area (TPSA) is 49.6 Å². The predicted octanol–water partition coefficient (Wildman–Crippen LogP) is 0.811. The number of piperidine rings is 2. The van der Waals surface area contributed by atoms with E-state index in [1.165, 1.54) is 32.4 Å². The third-order valence-electron chi connectivity index (χ3n) is 4.07. The number of carbonyl (C=O) groups excluding carboxylic acids is 1. The van der Waals surface area contributed by atoms with Crippen LogP contribution < -0.4 is 5.73 Å². The Hall–Kier alpha value is -0.610. The molecule has 2 rings (SSSR count). The first-order chi connectivity index (χ1) is 8.18. The summed E-state index contributed by atoms with van der Waals surface area (Å²) in [5.41, 5.74) is 5.64. The summed E-state index contributed by atoms with van der Waals surface area (Å²) in [6, 6.07) is 0.356. The lowest BCUT2D eigenvalue weighted by Gasteiger charge is -2.40. The summed E-state index contributed by atoms with van der Waals surface area (Å²) in [7, 11) is 0. The van der Waals surface area contributed by atoms with Gasteiger partial charge in [-0.1, -0.05) is 6.42 Å². The van der Waals surface area contributed by atoms with E-state index in [1.807, 2.05) is 4.90 Å². The first-order valence-corrected chi connectivity index (χ1v) is 6.97. The first-order valence-electron chi connectivity index (χ1n) is 6.97. The van der Waals surface area contributed by atoms with Gasteiger partial charge in [-0.3, -0.25) is 4.79 Å². The van der Waals surface area contributed by atoms with Gasteiger partial charge in [-0.25, -0.2) is 0 Å². The lowest BCUT2D eigenvalue weighted by molar-refractivity contribution is -0.133. The van der Waals surface area contributed by atoms with Gasteiger partial charge in [0.25, 0.3) is 0 Å². The van der Waals surface area contributed by atoms with E-state index in [2.05, 4.69) is 4.90 Å². The SMILES string of the molecule is C[C@H](N)C(=O)N1CCC(N2CCCCC2)CC1. The maximum Gasteiger partial charge on any atom is 0.239 e. The van der Waals surface area contributed by atoms with Crippen LogP contribution in [0.5, 0.6) is 0 Å². The zero-order valence-corrected chi connectivity index (χ0v) is 10.9. The highest BCUT2D eigenvalue weighted by molar-refractivity contribution is 5.81. The molecule has 2 saturated heterocycles. The third-order valence-corrected chi connectivity index (χ3v) is 4.07. The summed E-state index contributed by atoms with van der Waals surface area (Å²) < 4.78 is 0. The van der Waals surface area contributed by atoms with Gasteiger partial charge in [0.1, 0.15) is 0 Å².